The van der Waals surface area contributed by atoms with Gasteiger partial charge in [-0.2, -0.15) is 0 Å². The van der Waals surface area contributed by atoms with Crippen LogP contribution in [0.2, 0.25) is 0 Å². The van der Waals surface area contributed by atoms with Crippen LogP contribution >= 0.6 is 11.8 Å². The first-order chi connectivity index (χ1) is 7.66. The lowest BCUT2D eigenvalue weighted by Gasteiger charge is -2.06. The van der Waals surface area contributed by atoms with Crippen LogP contribution in [-0.2, 0) is 7.05 Å². The maximum atomic E-state index is 5.83. The zero-order valence-corrected chi connectivity index (χ0v) is 10.1. The van der Waals surface area contributed by atoms with E-state index in [9.17, 15) is 0 Å². The molecule has 2 aromatic rings. The van der Waals surface area contributed by atoms with Gasteiger partial charge in [0.05, 0.1) is 0 Å². The highest BCUT2D eigenvalue weighted by Gasteiger charge is 2.06. The molecule has 2 heterocycles. The summed E-state index contributed by atoms with van der Waals surface area (Å²) in [5.74, 6) is 0. The Kier molecular flexibility index (Phi) is 3.26. The van der Waals surface area contributed by atoms with Crippen molar-refractivity contribution in [2.45, 2.75) is 23.1 Å². The van der Waals surface area contributed by atoms with Gasteiger partial charge in [0.15, 0.2) is 5.16 Å². The summed E-state index contributed by atoms with van der Waals surface area (Å²) >= 11 is 1.54. The zero-order valence-electron chi connectivity index (χ0n) is 9.29. The third-order valence-electron chi connectivity index (χ3n) is 2.26. The largest absolute Gasteiger partial charge is 0.329 e. The van der Waals surface area contributed by atoms with Crippen LogP contribution in [0.5, 0.6) is 0 Å². The van der Waals surface area contributed by atoms with Crippen LogP contribution in [0.3, 0.4) is 0 Å². The van der Waals surface area contributed by atoms with Crippen molar-refractivity contribution in [1.82, 2.24) is 14.5 Å². The fourth-order valence-corrected chi connectivity index (χ4v) is 2.12. The number of pyridine rings is 1. The topological polar surface area (TPSA) is 56.7 Å². The summed E-state index contributed by atoms with van der Waals surface area (Å²) in [7, 11) is 1.96. The molecule has 0 aliphatic carbocycles. The second kappa shape index (κ2) is 4.67. The van der Waals surface area contributed by atoms with Crippen molar-refractivity contribution in [2.24, 2.45) is 12.8 Å². The van der Waals surface area contributed by atoms with Gasteiger partial charge in [0.2, 0.25) is 0 Å². The molecule has 0 aliphatic heterocycles. The lowest BCUT2D eigenvalue weighted by atomic mass is 10.1. The van der Waals surface area contributed by atoms with Crippen LogP contribution in [0, 0.1) is 0 Å². The Morgan fingerprint density at radius 1 is 1.38 bits per heavy atom. The van der Waals surface area contributed by atoms with Crippen molar-refractivity contribution >= 4 is 11.8 Å². The molecule has 2 rings (SSSR count). The third kappa shape index (κ3) is 2.43. The fraction of sp³-hybridized carbons (Fsp3) is 0.273. The molecule has 84 valence electrons. The minimum Gasteiger partial charge on any atom is -0.329 e. The standard InChI is InChI=1S/C11H14N4S/c1-8(12)9-3-4-13-10(7-9)16-11-14-5-6-15(11)2/h3-8H,12H2,1-2H3/t8-/m0/s1. The summed E-state index contributed by atoms with van der Waals surface area (Å²) < 4.78 is 1.96. The van der Waals surface area contributed by atoms with Crippen molar-refractivity contribution in [3.05, 3.63) is 36.3 Å². The molecular weight excluding hydrogens is 220 g/mol. The van der Waals surface area contributed by atoms with Crippen LogP contribution in [-0.4, -0.2) is 14.5 Å². The molecule has 0 aromatic carbocycles. The van der Waals surface area contributed by atoms with E-state index in [0.717, 1.165) is 15.7 Å². The van der Waals surface area contributed by atoms with E-state index < -0.39 is 0 Å². The van der Waals surface area contributed by atoms with Crippen LogP contribution in [0.1, 0.15) is 18.5 Å². The first kappa shape index (κ1) is 11.2. The normalized spacial score (nSPS) is 12.7. The third-order valence-corrected chi connectivity index (χ3v) is 3.27. The SMILES string of the molecule is C[C@H](N)c1ccnc(Sc2nccn2C)c1. The molecule has 0 aliphatic rings. The van der Waals surface area contributed by atoms with Gasteiger partial charge in [-0.05, 0) is 36.4 Å². The first-order valence-electron chi connectivity index (χ1n) is 5.03. The molecule has 0 bridgehead atoms. The van der Waals surface area contributed by atoms with Crippen LogP contribution in [0.25, 0.3) is 0 Å². The number of imidazole rings is 1. The number of hydrogen-bond acceptors (Lipinski definition) is 4. The Balaban J connectivity index is 2.22. The van der Waals surface area contributed by atoms with Crippen molar-refractivity contribution < 1.29 is 0 Å². The quantitative estimate of drug-likeness (QED) is 0.882. The zero-order chi connectivity index (χ0) is 11.5. The van der Waals surface area contributed by atoms with Gasteiger partial charge in [-0.25, -0.2) is 9.97 Å². The first-order valence-corrected chi connectivity index (χ1v) is 5.85. The van der Waals surface area contributed by atoms with Gasteiger partial charge in [-0.1, -0.05) is 0 Å². The number of aryl methyl sites for hydroxylation is 1. The number of nitrogens with two attached hydrogens (primary N) is 1. The Morgan fingerprint density at radius 2 is 2.19 bits per heavy atom. The van der Waals surface area contributed by atoms with E-state index in [2.05, 4.69) is 9.97 Å². The van der Waals surface area contributed by atoms with Gasteiger partial charge in [-0.3, -0.25) is 0 Å². The maximum absolute atomic E-state index is 5.83. The Labute approximate surface area is 98.9 Å². The maximum Gasteiger partial charge on any atom is 0.174 e. The van der Waals surface area contributed by atoms with E-state index in [1.807, 2.05) is 36.9 Å². The minimum absolute atomic E-state index is 0.0312. The van der Waals surface area contributed by atoms with Crippen molar-refractivity contribution in [2.75, 3.05) is 0 Å². The minimum atomic E-state index is 0.0312. The molecule has 0 spiro atoms. The second-order valence-corrected chi connectivity index (χ2v) is 4.63. The van der Waals surface area contributed by atoms with Crippen molar-refractivity contribution in [1.29, 1.82) is 0 Å². The molecule has 0 saturated heterocycles. The van der Waals surface area contributed by atoms with Crippen LogP contribution in [0.15, 0.2) is 40.9 Å². The van der Waals surface area contributed by atoms with E-state index in [-0.39, 0.29) is 6.04 Å². The lowest BCUT2D eigenvalue weighted by Crippen LogP contribution is -2.05. The Morgan fingerprint density at radius 3 is 2.81 bits per heavy atom. The molecule has 16 heavy (non-hydrogen) atoms. The smallest absolute Gasteiger partial charge is 0.174 e. The fourth-order valence-electron chi connectivity index (χ4n) is 1.31. The summed E-state index contributed by atoms with van der Waals surface area (Å²) in [6.07, 6.45) is 5.47. The monoisotopic (exact) mass is 234 g/mol. The molecule has 0 radical (unpaired) electrons. The van der Waals surface area contributed by atoms with Gasteiger partial charge in [0, 0.05) is 31.7 Å². The van der Waals surface area contributed by atoms with Gasteiger partial charge < -0.3 is 10.3 Å². The number of hydrogen-bond donors (Lipinski definition) is 1. The highest BCUT2D eigenvalue weighted by atomic mass is 32.2. The van der Waals surface area contributed by atoms with Gasteiger partial charge in [-0.15, -0.1) is 0 Å². The predicted octanol–water partition coefficient (Wildman–Crippen LogP) is 1.99. The predicted molar refractivity (Wildman–Crippen MR) is 64.2 cm³/mol. The summed E-state index contributed by atoms with van der Waals surface area (Å²) in [6.45, 7) is 1.96. The van der Waals surface area contributed by atoms with E-state index in [1.165, 1.54) is 11.8 Å². The van der Waals surface area contributed by atoms with Gasteiger partial charge in [0.1, 0.15) is 5.03 Å². The molecule has 0 amide bonds. The van der Waals surface area contributed by atoms with Crippen LogP contribution in [0.4, 0.5) is 0 Å². The second-order valence-electron chi connectivity index (χ2n) is 3.64. The average molecular weight is 234 g/mol. The Bertz CT molecular complexity index is 478. The molecular formula is C11H14N4S. The van der Waals surface area contributed by atoms with Crippen molar-refractivity contribution in [3.63, 3.8) is 0 Å². The van der Waals surface area contributed by atoms with Gasteiger partial charge in [0.25, 0.3) is 0 Å². The molecule has 0 unspecified atom stereocenters. The molecule has 4 nitrogen and oxygen atoms in total. The molecule has 2 aromatic heterocycles. The van der Waals surface area contributed by atoms with Gasteiger partial charge >= 0.3 is 0 Å². The number of nitrogens with zero attached hydrogens (tertiary/aromatic N) is 3. The lowest BCUT2D eigenvalue weighted by molar-refractivity contribution is 0.786. The van der Waals surface area contributed by atoms with E-state index in [4.69, 9.17) is 5.73 Å². The number of rotatable bonds is 3. The summed E-state index contributed by atoms with van der Waals surface area (Å²) in [5.41, 5.74) is 6.92. The van der Waals surface area contributed by atoms with E-state index >= 15 is 0 Å². The molecule has 1 atom stereocenters. The Hall–Kier alpha value is -1.33. The van der Waals surface area contributed by atoms with Crippen molar-refractivity contribution in [3.8, 4) is 0 Å². The van der Waals surface area contributed by atoms with E-state index in [1.54, 1.807) is 12.4 Å². The van der Waals surface area contributed by atoms with Crippen LogP contribution < -0.4 is 5.73 Å². The summed E-state index contributed by atoms with van der Waals surface area (Å²) in [5, 5.41) is 1.85. The molecule has 2 N–H and O–H groups in total. The molecule has 0 saturated carbocycles. The van der Waals surface area contributed by atoms with E-state index in [0.29, 0.717) is 0 Å². The number of aromatic nitrogens is 3. The highest BCUT2D eigenvalue weighted by molar-refractivity contribution is 7.99. The average Bonchev–Trinajstić information content (AvgIpc) is 2.65. The molecule has 0 fully saturated rings. The molecule has 5 heteroatoms. The summed E-state index contributed by atoms with van der Waals surface area (Å²) in [6, 6.07) is 3.97. The summed E-state index contributed by atoms with van der Waals surface area (Å²) in [4.78, 5) is 8.53. The highest BCUT2D eigenvalue weighted by Crippen LogP contribution is 2.25.